The van der Waals surface area contributed by atoms with Crippen LogP contribution in [0, 0.1) is 0 Å². The molecule has 0 saturated heterocycles. The highest BCUT2D eigenvalue weighted by Gasteiger charge is 2.30. The number of aliphatic hydroxyl groups is 5. The Bertz CT molecular complexity index is 279. The van der Waals surface area contributed by atoms with E-state index in [1.807, 2.05) is 0 Å². The van der Waals surface area contributed by atoms with Gasteiger partial charge >= 0.3 is 0 Å². The number of rotatable bonds is 12. The summed E-state index contributed by atoms with van der Waals surface area (Å²) in [5, 5.41) is 46.8. The second-order valence-corrected chi connectivity index (χ2v) is 5.31. The first-order valence-corrected chi connectivity index (χ1v) is 7.80. The number of ether oxygens (including phenoxy) is 3. The van der Waals surface area contributed by atoms with Crippen molar-refractivity contribution in [2.75, 3.05) is 12.4 Å². The molecule has 0 aromatic carbocycles. The molecule has 0 aromatic rings. The van der Waals surface area contributed by atoms with Crippen LogP contribution in [0.5, 0.6) is 0 Å². The van der Waals surface area contributed by atoms with Crippen molar-refractivity contribution in [3.63, 3.8) is 0 Å². The normalized spacial score (nSPS) is 20.5. The largest absolute Gasteiger partial charge is 0.394 e. The molecule has 134 valence electrons. The summed E-state index contributed by atoms with van der Waals surface area (Å²) in [4.78, 5) is 0. The van der Waals surface area contributed by atoms with E-state index in [4.69, 9.17) is 14.2 Å². The molecule has 0 saturated carbocycles. The van der Waals surface area contributed by atoms with Gasteiger partial charge in [0.25, 0.3) is 0 Å². The van der Waals surface area contributed by atoms with Gasteiger partial charge in [-0.25, -0.2) is 0 Å². The highest BCUT2D eigenvalue weighted by atomic mass is 32.1. The van der Waals surface area contributed by atoms with Gasteiger partial charge in [-0.3, -0.25) is 0 Å². The maximum absolute atomic E-state index is 9.49. The molecule has 0 rings (SSSR count). The van der Waals surface area contributed by atoms with Gasteiger partial charge in [0.05, 0.1) is 24.9 Å². The summed E-state index contributed by atoms with van der Waals surface area (Å²) in [6, 6.07) is 0. The van der Waals surface area contributed by atoms with Crippen molar-refractivity contribution in [3.8, 4) is 0 Å². The van der Waals surface area contributed by atoms with Crippen molar-refractivity contribution in [3.05, 3.63) is 0 Å². The Morgan fingerprint density at radius 2 is 1.55 bits per heavy atom. The van der Waals surface area contributed by atoms with E-state index >= 15 is 0 Å². The van der Waals surface area contributed by atoms with Crippen LogP contribution in [0.3, 0.4) is 0 Å². The van der Waals surface area contributed by atoms with E-state index in [-0.39, 0.29) is 5.75 Å². The Morgan fingerprint density at radius 1 is 0.955 bits per heavy atom. The third kappa shape index (κ3) is 8.04. The molecular formula is C13H28O8S. The standard InChI is InChI=1S/C13H28O8S/c1-4-11(16)20-9(5-14)8(3)19-13(12(17)18)21-10(6-22)7(2)15/h7-18,22H,4-6H2,1-3H3. The fourth-order valence-electron chi connectivity index (χ4n) is 1.55. The highest BCUT2D eigenvalue weighted by Crippen LogP contribution is 2.15. The smallest absolute Gasteiger partial charge is 0.209 e. The van der Waals surface area contributed by atoms with Gasteiger partial charge in [0.15, 0.2) is 6.29 Å². The third-order valence-electron chi connectivity index (χ3n) is 3.00. The average molecular weight is 344 g/mol. The molecule has 6 atom stereocenters. The zero-order chi connectivity index (χ0) is 17.3. The zero-order valence-corrected chi connectivity index (χ0v) is 14.0. The Balaban J connectivity index is 4.70. The van der Waals surface area contributed by atoms with Crippen LogP contribution in [-0.2, 0) is 14.2 Å². The molecule has 0 bridgehead atoms. The predicted molar refractivity (Wildman–Crippen MR) is 81.2 cm³/mol. The summed E-state index contributed by atoms with van der Waals surface area (Å²) < 4.78 is 15.8. The van der Waals surface area contributed by atoms with Crippen molar-refractivity contribution in [2.24, 2.45) is 0 Å². The summed E-state index contributed by atoms with van der Waals surface area (Å²) in [6.07, 6.45) is -7.48. The average Bonchev–Trinajstić information content (AvgIpc) is 2.47. The van der Waals surface area contributed by atoms with Gasteiger partial charge in [-0.15, -0.1) is 0 Å². The van der Waals surface area contributed by atoms with Crippen LogP contribution in [0.25, 0.3) is 0 Å². The van der Waals surface area contributed by atoms with Gasteiger partial charge in [-0.05, 0) is 20.3 Å². The van der Waals surface area contributed by atoms with E-state index in [2.05, 4.69) is 12.6 Å². The van der Waals surface area contributed by atoms with Crippen LogP contribution in [0.15, 0.2) is 0 Å². The third-order valence-corrected chi connectivity index (χ3v) is 3.36. The molecule has 6 unspecified atom stereocenters. The number of aliphatic hydroxyl groups excluding tert-OH is 4. The minimum atomic E-state index is -1.96. The Hall–Kier alpha value is 0.0300. The van der Waals surface area contributed by atoms with Crippen molar-refractivity contribution in [1.82, 2.24) is 0 Å². The SMILES string of the molecule is CCC(O)OC(CO)C(C)OC(OC(CS)C(C)O)C(O)O. The van der Waals surface area contributed by atoms with E-state index in [9.17, 15) is 25.5 Å². The Morgan fingerprint density at radius 3 is 1.91 bits per heavy atom. The molecule has 8 nitrogen and oxygen atoms in total. The lowest BCUT2D eigenvalue weighted by Crippen LogP contribution is -2.45. The van der Waals surface area contributed by atoms with Gasteiger partial charge in [-0.2, -0.15) is 12.6 Å². The lowest BCUT2D eigenvalue weighted by Gasteiger charge is -2.32. The van der Waals surface area contributed by atoms with Gasteiger partial charge in [0.2, 0.25) is 12.6 Å². The van der Waals surface area contributed by atoms with Crippen LogP contribution in [-0.4, -0.2) is 81.2 Å². The van der Waals surface area contributed by atoms with Crippen molar-refractivity contribution in [2.45, 2.75) is 70.5 Å². The first-order chi connectivity index (χ1) is 10.3. The molecule has 22 heavy (non-hydrogen) atoms. The van der Waals surface area contributed by atoms with Crippen LogP contribution in [0.1, 0.15) is 27.2 Å². The number of thiol groups is 1. The maximum atomic E-state index is 9.49. The van der Waals surface area contributed by atoms with Gasteiger partial charge in [0, 0.05) is 5.75 Å². The van der Waals surface area contributed by atoms with E-state index in [1.165, 1.54) is 13.8 Å². The zero-order valence-electron chi connectivity index (χ0n) is 13.1. The molecule has 0 aromatic heterocycles. The van der Waals surface area contributed by atoms with Crippen LogP contribution < -0.4 is 0 Å². The fraction of sp³-hybridized carbons (Fsp3) is 1.00. The number of hydrogen-bond acceptors (Lipinski definition) is 9. The topological polar surface area (TPSA) is 129 Å². The summed E-state index contributed by atoms with van der Waals surface area (Å²) in [5.74, 6) is 0.146. The number of hydrogen-bond donors (Lipinski definition) is 6. The summed E-state index contributed by atoms with van der Waals surface area (Å²) >= 11 is 4.00. The van der Waals surface area contributed by atoms with Crippen LogP contribution in [0.4, 0.5) is 0 Å². The summed E-state index contributed by atoms with van der Waals surface area (Å²) in [7, 11) is 0. The lowest BCUT2D eigenvalue weighted by molar-refractivity contribution is -0.301. The second kappa shape index (κ2) is 11.5. The molecule has 0 spiro atoms. The first-order valence-electron chi connectivity index (χ1n) is 7.17. The van der Waals surface area contributed by atoms with Gasteiger partial charge in [0.1, 0.15) is 6.10 Å². The minimum absolute atomic E-state index is 0.146. The van der Waals surface area contributed by atoms with E-state index < -0.39 is 49.9 Å². The first kappa shape index (κ1) is 22.0. The molecule has 0 aliphatic carbocycles. The second-order valence-electron chi connectivity index (χ2n) is 4.94. The Labute approximate surface area is 136 Å². The van der Waals surface area contributed by atoms with Crippen molar-refractivity contribution < 1.29 is 39.7 Å². The molecular weight excluding hydrogens is 316 g/mol. The van der Waals surface area contributed by atoms with Crippen molar-refractivity contribution in [1.29, 1.82) is 0 Å². The molecule has 0 heterocycles. The van der Waals surface area contributed by atoms with Gasteiger partial charge in [-0.1, -0.05) is 6.92 Å². The molecule has 0 aliphatic rings. The Kier molecular flexibility index (Phi) is 11.6. The molecule has 0 amide bonds. The molecule has 5 N–H and O–H groups in total. The summed E-state index contributed by atoms with van der Waals surface area (Å²) in [5.41, 5.74) is 0. The van der Waals surface area contributed by atoms with E-state index in [0.717, 1.165) is 0 Å². The molecule has 0 radical (unpaired) electrons. The van der Waals surface area contributed by atoms with Crippen LogP contribution >= 0.6 is 12.6 Å². The quantitative estimate of drug-likeness (QED) is 0.193. The van der Waals surface area contributed by atoms with Crippen LogP contribution in [0.2, 0.25) is 0 Å². The fourth-order valence-corrected chi connectivity index (χ4v) is 1.94. The van der Waals surface area contributed by atoms with Gasteiger partial charge < -0.3 is 39.7 Å². The van der Waals surface area contributed by atoms with E-state index in [0.29, 0.717) is 6.42 Å². The van der Waals surface area contributed by atoms with Crippen molar-refractivity contribution >= 4 is 12.6 Å². The van der Waals surface area contributed by atoms with E-state index in [1.54, 1.807) is 6.92 Å². The monoisotopic (exact) mass is 344 g/mol. The predicted octanol–water partition coefficient (Wildman–Crippen LogP) is -1.17. The summed E-state index contributed by atoms with van der Waals surface area (Å²) in [6.45, 7) is 4.27. The lowest BCUT2D eigenvalue weighted by atomic mass is 10.2. The molecule has 9 heteroatoms. The maximum Gasteiger partial charge on any atom is 0.209 e. The highest BCUT2D eigenvalue weighted by molar-refractivity contribution is 7.80. The molecule has 0 fully saturated rings. The molecule has 0 aliphatic heterocycles. The minimum Gasteiger partial charge on any atom is -0.394 e.